The summed E-state index contributed by atoms with van der Waals surface area (Å²) in [6.07, 6.45) is 1.70. The molecular weight excluding hydrogens is 564 g/mol. The van der Waals surface area contributed by atoms with Crippen LogP contribution < -0.4 is 0 Å². The lowest BCUT2D eigenvalue weighted by atomic mass is 9.41. The van der Waals surface area contributed by atoms with Crippen LogP contribution in [0.2, 0.25) is 0 Å². The van der Waals surface area contributed by atoms with E-state index in [4.69, 9.17) is 18.9 Å². The van der Waals surface area contributed by atoms with E-state index in [1.54, 1.807) is 0 Å². The number of aliphatic hydroxyl groups excluding tert-OH is 4. The van der Waals surface area contributed by atoms with Crippen LogP contribution in [0.3, 0.4) is 0 Å². The van der Waals surface area contributed by atoms with Crippen LogP contribution in [-0.4, -0.2) is 92.5 Å². The van der Waals surface area contributed by atoms with E-state index in [0.29, 0.717) is 12.3 Å². The third-order valence-electron chi connectivity index (χ3n) is 15.7. The molecule has 3 spiro atoms. The van der Waals surface area contributed by atoms with Crippen molar-refractivity contribution in [3.63, 3.8) is 0 Å². The molecule has 5 aliphatic carbocycles. The molecule has 17 atom stereocenters. The van der Waals surface area contributed by atoms with Crippen LogP contribution in [0.5, 0.6) is 0 Å². The number of aliphatic hydroxyl groups is 5. The van der Waals surface area contributed by atoms with Gasteiger partial charge in [-0.25, -0.2) is 0 Å². The van der Waals surface area contributed by atoms with E-state index in [1.165, 1.54) is 0 Å². The van der Waals surface area contributed by atoms with Gasteiger partial charge in [-0.2, -0.15) is 0 Å². The average Bonchev–Trinajstić information content (AvgIpc) is 3.38. The summed E-state index contributed by atoms with van der Waals surface area (Å²) in [5.41, 5.74) is -1.28. The van der Waals surface area contributed by atoms with Gasteiger partial charge in [0.1, 0.15) is 24.4 Å². The van der Waals surface area contributed by atoms with E-state index in [1.807, 2.05) is 13.8 Å². The molecule has 3 heterocycles. The smallest absolute Gasteiger partial charge is 0.186 e. The number of hydrogen-bond donors (Lipinski definition) is 5. The molecule has 8 aliphatic rings. The highest BCUT2D eigenvalue weighted by molar-refractivity contribution is 5.34. The van der Waals surface area contributed by atoms with Crippen molar-refractivity contribution in [2.24, 2.45) is 50.7 Å². The maximum atomic E-state index is 12.4. The van der Waals surface area contributed by atoms with Crippen LogP contribution in [0.25, 0.3) is 0 Å². The van der Waals surface area contributed by atoms with Gasteiger partial charge in [-0.15, -0.1) is 0 Å². The van der Waals surface area contributed by atoms with Gasteiger partial charge in [0, 0.05) is 12.3 Å². The fourth-order valence-electron chi connectivity index (χ4n) is 14.0. The summed E-state index contributed by atoms with van der Waals surface area (Å²) in [4.78, 5) is 0. The van der Waals surface area contributed by atoms with Crippen LogP contribution in [0.4, 0.5) is 0 Å². The van der Waals surface area contributed by atoms with Gasteiger partial charge in [-0.1, -0.05) is 34.6 Å². The monoisotopic (exact) mass is 620 g/mol. The van der Waals surface area contributed by atoms with Gasteiger partial charge in [0.15, 0.2) is 12.1 Å². The number of fused-ring (bicyclic) bond motifs is 4. The summed E-state index contributed by atoms with van der Waals surface area (Å²) in [6.45, 7) is 15.4. The minimum Gasteiger partial charge on any atom is -0.393 e. The molecule has 3 aliphatic heterocycles. The summed E-state index contributed by atoms with van der Waals surface area (Å²) in [5.74, 6) is 0.319. The van der Waals surface area contributed by atoms with Gasteiger partial charge < -0.3 is 44.5 Å². The highest BCUT2D eigenvalue weighted by Crippen LogP contribution is 2.90. The maximum Gasteiger partial charge on any atom is 0.186 e. The van der Waals surface area contributed by atoms with Crippen molar-refractivity contribution in [2.75, 3.05) is 6.61 Å². The minimum absolute atomic E-state index is 0.0465. The Morgan fingerprint density at radius 1 is 0.795 bits per heavy atom. The quantitative estimate of drug-likeness (QED) is 0.301. The second-order valence-electron chi connectivity index (χ2n) is 18.4. The third-order valence-corrected chi connectivity index (χ3v) is 15.7. The first-order valence-electron chi connectivity index (χ1n) is 17.4. The third kappa shape index (κ3) is 3.53. The Morgan fingerprint density at radius 3 is 2.23 bits per heavy atom. The first kappa shape index (κ1) is 30.9. The molecule has 0 unspecified atom stereocenters. The van der Waals surface area contributed by atoms with Crippen molar-refractivity contribution in [3.05, 3.63) is 0 Å². The van der Waals surface area contributed by atoms with Crippen molar-refractivity contribution >= 4 is 0 Å². The minimum atomic E-state index is -1.31. The molecule has 8 fully saturated rings. The SMILES string of the molecule is C[C@@H]1C[C@@H]2O[C@]3(C[C@@]4(C)[C@@H]5[C@@H](O)C[C@H]6C(C)(C)[C@@H](O[C@H]7OC[C@H](O)[C@@H](O)[C@@H]7O)CC[C@@]67C[C@@]57CC[C@]4(C)[C@@H]13)O[C@@H]2C(C)(C)O. The van der Waals surface area contributed by atoms with Gasteiger partial charge in [0.05, 0.1) is 30.5 Å². The van der Waals surface area contributed by atoms with Crippen molar-refractivity contribution in [1.29, 1.82) is 0 Å². The van der Waals surface area contributed by atoms with Crippen LogP contribution in [-0.2, 0) is 18.9 Å². The summed E-state index contributed by atoms with van der Waals surface area (Å²) >= 11 is 0. The highest BCUT2D eigenvalue weighted by Gasteiger charge is 2.87. The molecule has 9 nitrogen and oxygen atoms in total. The zero-order valence-electron chi connectivity index (χ0n) is 27.7. The Hall–Kier alpha value is -0.360. The zero-order valence-corrected chi connectivity index (χ0v) is 27.7. The predicted octanol–water partition coefficient (Wildman–Crippen LogP) is 3.12. The topological polar surface area (TPSA) is 138 Å². The van der Waals surface area contributed by atoms with E-state index in [2.05, 4.69) is 34.6 Å². The molecule has 0 aromatic rings. The first-order chi connectivity index (χ1) is 20.4. The molecule has 5 N–H and O–H groups in total. The predicted molar refractivity (Wildman–Crippen MR) is 159 cm³/mol. The molecule has 0 radical (unpaired) electrons. The second kappa shape index (κ2) is 9.00. The summed E-state index contributed by atoms with van der Waals surface area (Å²) in [7, 11) is 0. The van der Waals surface area contributed by atoms with E-state index in [9.17, 15) is 25.5 Å². The Balaban J connectivity index is 1.10. The van der Waals surface area contributed by atoms with E-state index < -0.39 is 42.1 Å². The van der Waals surface area contributed by atoms with Crippen LogP contribution in [0.1, 0.15) is 99.8 Å². The lowest BCUT2D eigenvalue weighted by Gasteiger charge is -2.64. The normalized spacial score (nSPS) is 62.2. The fraction of sp³-hybridized carbons (Fsp3) is 1.00. The number of rotatable bonds is 3. The van der Waals surface area contributed by atoms with Gasteiger partial charge in [0.2, 0.25) is 0 Å². The molecule has 9 heteroatoms. The summed E-state index contributed by atoms with van der Waals surface area (Å²) in [5, 5.41) is 54.2. The molecule has 0 aromatic carbocycles. The molecule has 44 heavy (non-hydrogen) atoms. The van der Waals surface area contributed by atoms with Gasteiger partial charge in [-0.3, -0.25) is 0 Å². The zero-order chi connectivity index (χ0) is 31.6. The van der Waals surface area contributed by atoms with Gasteiger partial charge in [-0.05, 0) is 104 Å². The number of hydrogen-bond acceptors (Lipinski definition) is 9. The Labute approximate surface area is 262 Å². The number of ether oxygens (including phenoxy) is 4. The summed E-state index contributed by atoms with van der Waals surface area (Å²) < 4.78 is 25.9. The molecular formula is C35H56O9. The lowest BCUT2D eigenvalue weighted by Crippen LogP contribution is -2.63. The van der Waals surface area contributed by atoms with Crippen molar-refractivity contribution in [1.82, 2.24) is 0 Å². The van der Waals surface area contributed by atoms with E-state index >= 15 is 0 Å². The van der Waals surface area contributed by atoms with E-state index in [0.717, 1.165) is 44.9 Å². The van der Waals surface area contributed by atoms with Crippen molar-refractivity contribution < 1.29 is 44.5 Å². The Morgan fingerprint density at radius 2 is 1.52 bits per heavy atom. The lowest BCUT2D eigenvalue weighted by molar-refractivity contribution is -0.304. The van der Waals surface area contributed by atoms with Crippen molar-refractivity contribution in [3.8, 4) is 0 Å². The average molecular weight is 621 g/mol. The second-order valence-corrected chi connectivity index (χ2v) is 18.4. The molecule has 250 valence electrons. The Kier molecular flexibility index (Phi) is 6.33. The van der Waals surface area contributed by atoms with Crippen LogP contribution >= 0.6 is 0 Å². The molecule has 5 saturated carbocycles. The fourth-order valence-corrected chi connectivity index (χ4v) is 14.0. The first-order valence-corrected chi connectivity index (χ1v) is 17.4. The van der Waals surface area contributed by atoms with Crippen LogP contribution in [0.15, 0.2) is 0 Å². The van der Waals surface area contributed by atoms with Crippen molar-refractivity contribution in [2.45, 2.75) is 160 Å². The standard InChI is InChI=1S/C35H56O9/c1-17-12-20-27(30(4,5)40)44-35(43-20)15-32(7)26-18(36)13-21-29(2,3)22(42-28-24(39)23(38)19(37)14-41-28)8-9-33(21)16-34(26,33)11-10-31(32,6)25(17)35/h17-28,36-40H,8-16H2,1-7H3/t17-,18+,19+,20+,21+,22+,23-,24+,25-,26+,27+,28-,31-,32+,33-,34+,35-/m1/s1. The molecule has 8 rings (SSSR count). The van der Waals surface area contributed by atoms with Gasteiger partial charge in [0.25, 0.3) is 0 Å². The molecule has 3 saturated heterocycles. The van der Waals surface area contributed by atoms with Gasteiger partial charge >= 0.3 is 0 Å². The molecule has 0 amide bonds. The largest absolute Gasteiger partial charge is 0.393 e. The molecule has 2 bridgehead atoms. The highest BCUT2D eigenvalue weighted by atomic mass is 16.8. The maximum absolute atomic E-state index is 12.4. The molecule has 0 aromatic heterocycles. The Bertz CT molecular complexity index is 1200. The van der Waals surface area contributed by atoms with Crippen LogP contribution in [0, 0.1) is 50.7 Å². The summed E-state index contributed by atoms with van der Waals surface area (Å²) in [6, 6.07) is 0. The van der Waals surface area contributed by atoms with E-state index in [-0.39, 0.29) is 69.7 Å².